The van der Waals surface area contributed by atoms with Crippen LogP contribution in [0.3, 0.4) is 0 Å². The Morgan fingerprint density at radius 2 is 1.00 bits per heavy atom. The predicted octanol–water partition coefficient (Wildman–Crippen LogP) is 14.7. The van der Waals surface area contributed by atoms with Crippen LogP contribution in [0.1, 0.15) is 24.0 Å². The van der Waals surface area contributed by atoms with E-state index in [1.54, 1.807) is 0 Å². The van der Waals surface area contributed by atoms with E-state index in [0.717, 1.165) is 12.1 Å². The Bertz CT molecular complexity index is 3220. The zero-order valence-electron chi connectivity index (χ0n) is 34.0. The number of fused-ring (bicyclic) bond motifs is 8. The molecule has 0 spiro atoms. The van der Waals surface area contributed by atoms with E-state index in [2.05, 4.69) is 214 Å². The highest BCUT2D eigenvalue weighted by Crippen LogP contribution is 2.47. The average molecular weight is 784 g/mol. The van der Waals surface area contributed by atoms with Crippen molar-refractivity contribution in [3.8, 4) is 33.8 Å². The first-order valence-corrected chi connectivity index (χ1v) is 21.8. The quantitative estimate of drug-likeness (QED) is 0.141. The van der Waals surface area contributed by atoms with E-state index in [1.807, 2.05) is 12.3 Å². The van der Waals surface area contributed by atoms with Gasteiger partial charge in [-0.05, 0) is 132 Å². The van der Waals surface area contributed by atoms with Crippen molar-refractivity contribution in [2.45, 2.75) is 19.3 Å². The van der Waals surface area contributed by atoms with Crippen LogP contribution in [-0.4, -0.2) is 14.1 Å². The molecule has 3 aliphatic rings. The summed E-state index contributed by atoms with van der Waals surface area (Å²) in [4.78, 5) is 4.56. The summed E-state index contributed by atoms with van der Waals surface area (Å²) in [7, 11) is 0. The molecule has 3 heteroatoms. The van der Waals surface area contributed by atoms with Crippen LogP contribution in [0.2, 0.25) is 0 Å². The third-order valence-corrected chi connectivity index (χ3v) is 13.7. The van der Waals surface area contributed by atoms with Gasteiger partial charge in [0.05, 0.1) is 27.8 Å². The molecule has 0 amide bonds. The van der Waals surface area contributed by atoms with Crippen LogP contribution in [0.25, 0.3) is 83.4 Å². The first kappa shape index (κ1) is 35.7. The van der Waals surface area contributed by atoms with Crippen molar-refractivity contribution in [3.63, 3.8) is 0 Å². The van der Waals surface area contributed by atoms with Crippen LogP contribution >= 0.6 is 0 Å². The fourth-order valence-electron chi connectivity index (χ4n) is 10.7. The summed E-state index contributed by atoms with van der Waals surface area (Å²) in [5.41, 5.74) is 14.6. The van der Waals surface area contributed by atoms with Gasteiger partial charge in [0.25, 0.3) is 0 Å². The summed E-state index contributed by atoms with van der Waals surface area (Å²) < 4.78 is 4.80. The van der Waals surface area contributed by atoms with Crippen LogP contribution < -0.4 is 0 Å². The van der Waals surface area contributed by atoms with Gasteiger partial charge in [-0.15, -0.1) is 0 Å². The van der Waals surface area contributed by atoms with Gasteiger partial charge in [0.1, 0.15) is 0 Å². The molecule has 3 aromatic heterocycles. The summed E-state index contributed by atoms with van der Waals surface area (Å²) in [6.07, 6.45) is 15.5. The molecule has 0 radical (unpaired) electrons. The third-order valence-electron chi connectivity index (χ3n) is 13.7. The topological polar surface area (TPSA) is 22.8 Å². The van der Waals surface area contributed by atoms with Gasteiger partial charge < -0.3 is 9.13 Å². The van der Waals surface area contributed by atoms with E-state index >= 15 is 0 Å². The second-order valence-corrected chi connectivity index (χ2v) is 17.1. The number of aromatic nitrogens is 3. The Hall–Kier alpha value is -7.23. The molecule has 1 fully saturated rings. The molecule has 10 aromatic rings. The summed E-state index contributed by atoms with van der Waals surface area (Å²) in [6, 6.07) is 66.6. The van der Waals surface area contributed by atoms with Gasteiger partial charge in [0, 0.05) is 44.7 Å². The molecule has 3 heterocycles. The maximum Gasteiger partial charge on any atom is 0.0701 e. The molecule has 3 unspecified atom stereocenters. The van der Waals surface area contributed by atoms with Gasteiger partial charge in [0.15, 0.2) is 0 Å². The van der Waals surface area contributed by atoms with Crippen molar-refractivity contribution < 1.29 is 0 Å². The van der Waals surface area contributed by atoms with E-state index in [9.17, 15) is 0 Å². The highest BCUT2D eigenvalue weighted by molar-refractivity contribution is 6.10. The van der Waals surface area contributed by atoms with Crippen LogP contribution in [-0.2, 0) is 6.42 Å². The number of pyridine rings is 1. The zero-order valence-corrected chi connectivity index (χ0v) is 34.0. The van der Waals surface area contributed by atoms with Gasteiger partial charge in [0.2, 0.25) is 0 Å². The molecule has 2 bridgehead atoms. The number of rotatable bonds is 8. The van der Waals surface area contributed by atoms with E-state index in [1.165, 1.54) is 95.6 Å². The molecule has 3 aliphatic carbocycles. The third kappa shape index (κ3) is 6.23. The largest absolute Gasteiger partial charge is 0.309 e. The van der Waals surface area contributed by atoms with Crippen LogP contribution in [0, 0.1) is 23.7 Å². The molecule has 1 saturated carbocycles. The number of benzene rings is 7. The van der Waals surface area contributed by atoms with Crippen LogP contribution in [0.15, 0.2) is 206 Å². The van der Waals surface area contributed by atoms with E-state index < -0.39 is 0 Å². The second kappa shape index (κ2) is 14.8. The summed E-state index contributed by atoms with van der Waals surface area (Å²) >= 11 is 0. The van der Waals surface area contributed by atoms with Crippen LogP contribution in [0.5, 0.6) is 0 Å². The average Bonchev–Trinajstić information content (AvgIpc) is 3.85. The van der Waals surface area contributed by atoms with Gasteiger partial charge in [-0.1, -0.05) is 140 Å². The summed E-state index contributed by atoms with van der Waals surface area (Å²) in [5, 5.41) is 5.13. The minimum absolute atomic E-state index is 0.527. The van der Waals surface area contributed by atoms with Crippen molar-refractivity contribution >= 4 is 49.7 Å². The second-order valence-electron chi connectivity index (χ2n) is 17.1. The number of para-hydroxylation sites is 3. The number of nitrogens with zero attached hydrogens (tertiary/aromatic N) is 3. The molecular formula is C58H45N3. The molecule has 61 heavy (non-hydrogen) atoms. The highest BCUT2D eigenvalue weighted by Gasteiger charge is 2.39. The van der Waals surface area contributed by atoms with E-state index in [0.29, 0.717) is 23.7 Å². The standard InChI is InChI=1S/C58H45N3/c1-4-13-55-49(9-1)50-10-2-5-14-56(50)60(55)46-30-26-41(27-31-46)42-28-32-47(33-29-42)61-57-15-6-3-11-51(57)53-38-40(19-35-58(53)61)18-34-48-43-22-24-44(25-23-43)52(48)37-39-16-20-45(21-17-39)54-12-7-8-36-59-54/h1-22,24,26-36,38,43-44,48,52H,23,25,37H2/b34-18+/t43?,44?,48?,52-/m0/s1. The van der Waals surface area contributed by atoms with Crippen molar-refractivity contribution in [2.24, 2.45) is 23.7 Å². The molecule has 0 aliphatic heterocycles. The van der Waals surface area contributed by atoms with Crippen LogP contribution in [0.4, 0.5) is 0 Å². The lowest BCUT2D eigenvalue weighted by molar-refractivity contribution is 0.158. The maximum absolute atomic E-state index is 4.56. The Morgan fingerprint density at radius 1 is 0.475 bits per heavy atom. The minimum atomic E-state index is 0.527. The Balaban J connectivity index is 0.821. The summed E-state index contributed by atoms with van der Waals surface area (Å²) in [6.45, 7) is 0. The number of allylic oxidation sites excluding steroid dienone is 3. The lowest BCUT2D eigenvalue weighted by Gasteiger charge is -2.44. The fraction of sp³-hybridized carbons (Fsp3) is 0.121. The predicted molar refractivity (Wildman–Crippen MR) is 255 cm³/mol. The Morgan fingerprint density at radius 3 is 1.57 bits per heavy atom. The highest BCUT2D eigenvalue weighted by atomic mass is 15.0. The SMILES string of the molecule is C1=CC2CCC1C(/C=C/c1ccc3c(c1)c1ccccc1n3-c1ccc(-c3ccc(-n4c5ccccc5c5ccccc54)cc3)cc1)[C@H]2Cc1ccc(-c2ccccn2)cc1. The van der Waals surface area contributed by atoms with Crippen molar-refractivity contribution in [2.75, 3.05) is 0 Å². The normalized spacial score (nSPS) is 18.6. The minimum Gasteiger partial charge on any atom is -0.309 e. The van der Waals surface area contributed by atoms with Gasteiger partial charge >= 0.3 is 0 Å². The van der Waals surface area contributed by atoms with Gasteiger partial charge in [-0.25, -0.2) is 0 Å². The van der Waals surface area contributed by atoms with Crippen molar-refractivity contribution in [1.29, 1.82) is 0 Å². The first-order chi connectivity index (χ1) is 30.2. The lowest BCUT2D eigenvalue weighted by Crippen LogP contribution is -2.37. The molecule has 7 aromatic carbocycles. The van der Waals surface area contributed by atoms with Crippen molar-refractivity contribution in [1.82, 2.24) is 14.1 Å². The first-order valence-electron chi connectivity index (χ1n) is 21.8. The molecule has 0 saturated heterocycles. The number of hydrogen-bond acceptors (Lipinski definition) is 1. The molecule has 3 nitrogen and oxygen atoms in total. The van der Waals surface area contributed by atoms with E-state index in [-0.39, 0.29) is 0 Å². The lowest BCUT2D eigenvalue weighted by atomic mass is 9.60. The fourth-order valence-corrected chi connectivity index (χ4v) is 10.7. The molecule has 0 N–H and O–H groups in total. The molecule has 13 rings (SSSR count). The molecule has 4 atom stereocenters. The Kier molecular flexibility index (Phi) is 8.66. The van der Waals surface area contributed by atoms with Gasteiger partial charge in [-0.2, -0.15) is 0 Å². The number of hydrogen-bond donors (Lipinski definition) is 0. The van der Waals surface area contributed by atoms with Crippen molar-refractivity contribution in [3.05, 3.63) is 218 Å². The zero-order chi connectivity index (χ0) is 40.3. The molecule has 292 valence electrons. The Labute approximate surface area is 356 Å². The van der Waals surface area contributed by atoms with Gasteiger partial charge in [-0.3, -0.25) is 4.98 Å². The summed E-state index contributed by atoms with van der Waals surface area (Å²) in [5.74, 6) is 2.37. The maximum atomic E-state index is 4.56. The van der Waals surface area contributed by atoms with E-state index in [4.69, 9.17) is 0 Å². The monoisotopic (exact) mass is 783 g/mol. The molecular weight excluding hydrogens is 739 g/mol. The smallest absolute Gasteiger partial charge is 0.0701 e.